The summed E-state index contributed by atoms with van der Waals surface area (Å²) in [5, 5.41) is 9.05. The van der Waals surface area contributed by atoms with Crippen LogP contribution in [0.5, 0.6) is 0 Å². The van der Waals surface area contributed by atoms with Gasteiger partial charge in [-0.15, -0.1) is 16.3 Å². The van der Waals surface area contributed by atoms with Crippen molar-refractivity contribution in [1.82, 2.24) is 0 Å². The summed E-state index contributed by atoms with van der Waals surface area (Å²) in [6, 6.07) is 0. The first-order valence-corrected chi connectivity index (χ1v) is 16.4. The molecule has 2 atom stereocenters. The van der Waals surface area contributed by atoms with Gasteiger partial charge in [-0.1, -0.05) is 129 Å². The average Bonchev–Trinajstić information content (AvgIpc) is 2.84. The van der Waals surface area contributed by atoms with E-state index in [2.05, 4.69) is 18.5 Å². The SMILES string of the molecule is CCCCCCCCCCCCC(CCCCCCCCCC)COP(=O)(OO)OCCCCl.[KH]. The Morgan fingerprint density at radius 2 is 1.06 bits per heavy atom. The summed E-state index contributed by atoms with van der Waals surface area (Å²) < 4.78 is 27.2. The van der Waals surface area contributed by atoms with Crippen molar-refractivity contribution in [2.24, 2.45) is 5.92 Å². The summed E-state index contributed by atoms with van der Waals surface area (Å²) in [7, 11) is -3.91. The fourth-order valence-corrected chi connectivity index (χ4v) is 5.33. The number of phosphoric acid groups is 1. The van der Waals surface area contributed by atoms with Crippen LogP contribution in [0.25, 0.3) is 0 Å². The second kappa shape index (κ2) is 30.5. The standard InChI is InChI=1S/C27H56ClO5P.K.H/c1-3-5-7-9-11-13-14-16-18-20-23-27(22-19-17-15-12-10-8-6-4-2)26-32-34(30,33-29)31-25-21-24-28;;/h27,29H,3-26H2,1-2H3;;. The van der Waals surface area contributed by atoms with Crippen molar-refractivity contribution in [2.45, 2.75) is 149 Å². The zero-order valence-corrected chi connectivity index (χ0v) is 24.1. The Hall–Kier alpha value is 2.00. The van der Waals surface area contributed by atoms with Gasteiger partial charge < -0.3 is 0 Å². The van der Waals surface area contributed by atoms with Crippen molar-refractivity contribution in [3.63, 3.8) is 0 Å². The third kappa shape index (κ3) is 27.4. The monoisotopic (exact) mass is 566 g/mol. The van der Waals surface area contributed by atoms with E-state index in [1.54, 1.807) is 0 Å². The molecule has 0 aromatic heterocycles. The van der Waals surface area contributed by atoms with E-state index in [1.165, 1.54) is 103 Å². The van der Waals surface area contributed by atoms with Crippen LogP contribution in [0.4, 0.5) is 0 Å². The second-order valence-electron chi connectivity index (χ2n) is 9.80. The van der Waals surface area contributed by atoms with Gasteiger partial charge in [-0.2, -0.15) is 0 Å². The Labute approximate surface area is 265 Å². The molecule has 0 spiro atoms. The molecule has 0 heterocycles. The number of phosphoric ester groups is 1. The first kappa shape index (κ1) is 39.1. The molecule has 0 bridgehead atoms. The zero-order chi connectivity index (χ0) is 25.2. The van der Waals surface area contributed by atoms with Crippen molar-refractivity contribution in [1.29, 1.82) is 0 Å². The number of alkyl halides is 1. The van der Waals surface area contributed by atoms with Crippen LogP contribution in [0.15, 0.2) is 0 Å². The maximum absolute atomic E-state index is 12.4. The van der Waals surface area contributed by atoms with Gasteiger partial charge in [0.15, 0.2) is 0 Å². The molecule has 0 radical (unpaired) electrons. The predicted molar refractivity (Wildman–Crippen MR) is 153 cm³/mol. The van der Waals surface area contributed by atoms with Gasteiger partial charge in [-0.05, 0) is 25.2 Å². The van der Waals surface area contributed by atoms with Crippen molar-refractivity contribution < 1.29 is 23.5 Å². The van der Waals surface area contributed by atoms with E-state index in [4.69, 9.17) is 25.9 Å². The first-order chi connectivity index (χ1) is 16.6. The predicted octanol–water partition coefficient (Wildman–Crippen LogP) is 10.1. The minimum absolute atomic E-state index is 0. The van der Waals surface area contributed by atoms with Crippen LogP contribution in [0.3, 0.4) is 0 Å². The molecule has 0 aliphatic carbocycles. The molecular formula is C27H57ClKO5P. The zero-order valence-electron chi connectivity index (χ0n) is 22.5. The summed E-state index contributed by atoms with van der Waals surface area (Å²) >= 11 is 5.64. The summed E-state index contributed by atoms with van der Waals surface area (Å²) in [5.41, 5.74) is 0. The van der Waals surface area contributed by atoms with E-state index in [9.17, 15) is 4.57 Å². The van der Waals surface area contributed by atoms with E-state index in [1.807, 2.05) is 0 Å². The van der Waals surface area contributed by atoms with Crippen LogP contribution < -0.4 is 0 Å². The summed E-state index contributed by atoms with van der Waals surface area (Å²) in [6.07, 6.45) is 26.2. The third-order valence-electron chi connectivity index (χ3n) is 6.53. The molecule has 0 aliphatic heterocycles. The maximum atomic E-state index is 12.4. The van der Waals surface area contributed by atoms with E-state index in [0.29, 0.717) is 24.8 Å². The molecule has 1 N–H and O–H groups in total. The van der Waals surface area contributed by atoms with Crippen LogP contribution in [0.1, 0.15) is 149 Å². The van der Waals surface area contributed by atoms with Crippen LogP contribution in [0.2, 0.25) is 0 Å². The Morgan fingerprint density at radius 1 is 0.657 bits per heavy atom. The van der Waals surface area contributed by atoms with Crippen molar-refractivity contribution in [3.05, 3.63) is 0 Å². The fourth-order valence-electron chi connectivity index (χ4n) is 4.31. The Bertz CT molecular complexity index is 459. The van der Waals surface area contributed by atoms with Gasteiger partial charge in [-0.3, -0.25) is 9.05 Å². The van der Waals surface area contributed by atoms with E-state index in [-0.39, 0.29) is 58.0 Å². The molecule has 208 valence electrons. The third-order valence-corrected chi connectivity index (χ3v) is 7.96. The van der Waals surface area contributed by atoms with Crippen molar-refractivity contribution in [2.75, 3.05) is 19.1 Å². The Balaban J connectivity index is 0. The van der Waals surface area contributed by atoms with Crippen LogP contribution >= 0.6 is 19.4 Å². The van der Waals surface area contributed by atoms with Crippen LogP contribution in [-0.2, 0) is 18.3 Å². The van der Waals surface area contributed by atoms with E-state index < -0.39 is 7.82 Å². The molecular weight excluding hydrogens is 510 g/mol. The number of rotatable bonds is 28. The molecule has 0 aromatic carbocycles. The quantitative estimate of drug-likeness (QED) is 0.0255. The number of unbranched alkanes of at least 4 members (excludes halogenated alkanes) is 16. The molecule has 0 saturated carbocycles. The Morgan fingerprint density at radius 3 is 1.43 bits per heavy atom. The molecule has 5 nitrogen and oxygen atoms in total. The Kier molecular flexibility index (Phi) is 34.1. The van der Waals surface area contributed by atoms with Gasteiger partial charge in [-0.25, -0.2) is 9.82 Å². The molecule has 35 heavy (non-hydrogen) atoms. The molecule has 0 rings (SSSR count). The average molecular weight is 567 g/mol. The summed E-state index contributed by atoms with van der Waals surface area (Å²) in [4.78, 5) is 0. The minimum atomic E-state index is -3.91. The first-order valence-electron chi connectivity index (χ1n) is 14.4. The molecule has 0 fully saturated rings. The molecule has 0 amide bonds. The van der Waals surface area contributed by atoms with Gasteiger partial charge in [0, 0.05) is 5.88 Å². The van der Waals surface area contributed by atoms with Gasteiger partial charge in [0.25, 0.3) is 0 Å². The number of hydrogen-bond acceptors (Lipinski definition) is 5. The molecule has 0 aliphatic rings. The topological polar surface area (TPSA) is 65.0 Å². The molecule has 2 unspecified atom stereocenters. The number of halogens is 1. The van der Waals surface area contributed by atoms with E-state index >= 15 is 0 Å². The van der Waals surface area contributed by atoms with Gasteiger partial charge in [0.2, 0.25) is 0 Å². The molecule has 8 heteroatoms. The second-order valence-corrected chi connectivity index (χ2v) is 11.8. The van der Waals surface area contributed by atoms with Crippen LogP contribution in [0, 0.1) is 5.92 Å². The fraction of sp³-hybridized carbons (Fsp3) is 1.00. The van der Waals surface area contributed by atoms with Gasteiger partial charge >= 0.3 is 59.2 Å². The van der Waals surface area contributed by atoms with Crippen molar-refractivity contribution in [3.8, 4) is 0 Å². The molecule has 0 aromatic rings. The normalized spacial score (nSPS) is 13.9. The van der Waals surface area contributed by atoms with Gasteiger partial charge in [0.05, 0.1) is 13.2 Å². The molecule has 0 saturated heterocycles. The number of hydrogen-bond donors (Lipinski definition) is 1. The van der Waals surface area contributed by atoms with Gasteiger partial charge in [0.1, 0.15) is 0 Å². The summed E-state index contributed by atoms with van der Waals surface area (Å²) in [6.45, 7) is 4.95. The summed E-state index contributed by atoms with van der Waals surface area (Å²) in [5.74, 6) is 0.708. The van der Waals surface area contributed by atoms with Crippen molar-refractivity contribution >= 4 is 70.8 Å². The van der Waals surface area contributed by atoms with E-state index in [0.717, 1.165) is 25.7 Å². The van der Waals surface area contributed by atoms with Crippen LogP contribution in [-0.4, -0.2) is 75.7 Å².